The summed E-state index contributed by atoms with van der Waals surface area (Å²) in [7, 11) is 0. The third-order valence-corrected chi connectivity index (χ3v) is 7.21. The summed E-state index contributed by atoms with van der Waals surface area (Å²) in [5, 5.41) is 12.4. The van der Waals surface area contributed by atoms with Crippen molar-refractivity contribution in [1.29, 1.82) is 0 Å². The molecule has 0 radical (unpaired) electrons. The Labute approximate surface area is 202 Å². The van der Waals surface area contributed by atoms with Gasteiger partial charge in [0.15, 0.2) is 0 Å². The van der Waals surface area contributed by atoms with E-state index in [2.05, 4.69) is 12.6 Å². The smallest absolute Gasteiger partial charge is 0.229 e. The Kier molecular flexibility index (Phi) is 7.44. The van der Waals surface area contributed by atoms with E-state index >= 15 is 0 Å². The Morgan fingerprint density at radius 1 is 1.19 bits per heavy atom. The molecule has 0 aromatic heterocycles. The molecule has 2 unspecified atom stereocenters. The van der Waals surface area contributed by atoms with Gasteiger partial charge in [-0.3, -0.25) is 4.79 Å². The molecule has 3 nitrogen and oxygen atoms in total. The zero-order chi connectivity index (χ0) is 23.7. The normalized spacial score (nSPS) is 25.0. The van der Waals surface area contributed by atoms with Gasteiger partial charge in [-0.25, -0.2) is 0 Å². The van der Waals surface area contributed by atoms with Crippen LogP contribution in [-0.4, -0.2) is 27.6 Å². The van der Waals surface area contributed by atoms with Gasteiger partial charge >= 0.3 is 0 Å². The number of hydrogen-bond donors (Lipinski definition) is 1. The van der Waals surface area contributed by atoms with Gasteiger partial charge in [0.2, 0.25) is 5.91 Å². The van der Waals surface area contributed by atoms with Crippen LogP contribution in [0.3, 0.4) is 0 Å². The summed E-state index contributed by atoms with van der Waals surface area (Å²) < 4.78 is 0. The molecule has 0 saturated carbocycles. The predicted octanol–water partition coefficient (Wildman–Crippen LogP) is 7.18. The number of rotatable bonds is 7. The van der Waals surface area contributed by atoms with Crippen LogP contribution in [0, 0.1) is 5.41 Å². The van der Waals surface area contributed by atoms with Gasteiger partial charge in [-0.15, -0.1) is 6.58 Å². The molecule has 32 heavy (non-hydrogen) atoms. The summed E-state index contributed by atoms with van der Waals surface area (Å²) in [4.78, 5) is 16.0. The molecular weight excluding hydrogens is 441 g/mol. The number of amides is 1. The van der Waals surface area contributed by atoms with Crippen molar-refractivity contribution < 1.29 is 9.90 Å². The van der Waals surface area contributed by atoms with Gasteiger partial charge in [0.1, 0.15) is 0 Å². The predicted molar refractivity (Wildman–Crippen MR) is 133 cm³/mol. The Balaban J connectivity index is 2.27. The van der Waals surface area contributed by atoms with Crippen molar-refractivity contribution in [3.63, 3.8) is 0 Å². The number of carbonyl (C=O) groups excluding carboxylic acids is 1. The largest absolute Gasteiger partial charge is 0.388 e. The minimum absolute atomic E-state index is 0.00562. The van der Waals surface area contributed by atoms with Gasteiger partial charge in [0, 0.05) is 16.0 Å². The first kappa shape index (κ1) is 24.8. The second-order valence-electron chi connectivity index (χ2n) is 9.71. The number of allylic oxidation sites excluding steroid dienone is 1. The van der Waals surface area contributed by atoms with Crippen molar-refractivity contribution in [2.24, 2.45) is 5.41 Å². The highest BCUT2D eigenvalue weighted by atomic mass is 35.5. The Morgan fingerprint density at radius 2 is 1.84 bits per heavy atom. The van der Waals surface area contributed by atoms with Crippen LogP contribution in [0.4, 0.5) is 0 Å². The van der Waals surface area contributed by atoms with E-state index in [-0.39, 0.29) is 23.9 Å². The topological polar surface area (TPSA) is 40.5 Å². The van der Waals surface area contributed by atoms with Gasteiger partial charge in [-0.05, 0) is 68.5 Å². The zero-order valence-corrected chi connectivity index (χ0v) is 20.8. The monoisotopic (exact) mass is 473 g/mol. The fourth-order valence-electron chi connectivity index (χ4n) is 5.27. The molecule has 1 fully saturated rings. The Bertz CT molecular complexity index is 966. The number of aliphatic hydroxyl groups is 1. The van der Waals surface area contributed by atoms with Gasteiger partial charge in [-0.2, -0.15) is 0 Å². The molecule has 1 aliphatic rings. The van der Waals surface area contributed by atoms with E-state index in [1.54, 1.807) is 13.8 Å². The number of hydrogen-bond acceptors (Lipinski definition) is 2. The van der Waals surface area contributed by atoms with Crippen molar-refractivity contribution in [3.05, 3.63) is 82.4 Å². The van der Waals surface area contributed by atoms with E-state index < -0.39 is 11.0 Å². The molecule has 1 aliphatic heterocycles. The molecule has 1 heterocycles. The molecule has 0 aliphatic carbocycles. The van der Waals surface area contributed by atoms with Crippen LogP contribution in [-0.2, 0) is 4.79 Å². The molecule has 0 spiro atoms. The molecule has 1 amide bonds. The van der Waals surface area contributed by atoms with Crippen LogP contribution in [0.5, 0.6) is 0 Å². The fraction of sp³-hybridized carbons (Fsp3) is 0.444. The van der Waals surface area contributed by atoms with E-state index in [9.17, 15) is 9.90 Å². The maximum atomic E-state index is 14.1. The quantitative estimate of drug-likeness (QED) is 0.432. The second kappa shape index (κ2) is 9.59. The summed E-state index contributed by atoms with van der Waals surface area (Å²) in [5.74, 6) is 0.0403. The van der Waals surface area contributed by atoms with Crippen LogP contribution in [0.25, 0.3) is 0 Å². The lowest BCUT2D eigenvalue weighted by Crippen LogP contribution is -2.60. The SMILES string of the molecule is C=CC[C@@]1(C)CC(c2cccc(Cl)c2)[C@@H](c2ccc(Cl)cc2)N(C(CC)C(C)(C)O)C1=O. The molecule has 2 aromatic carbocycles. The van der Waals surface area contributed by atoms with E-state index in [4.69, 9.17) is 23.2 Å². The highest BCUT2D eigenvalue weighted by Gasteiger charge is 2.52. The van der Waals surface area contributed by atoms with E-state index in [1.165, 1.54) is 0 Å². The number of carbonyl (C=O) groups is 1. The highest BCUT2D eigenvalue weighted by Crippen LogP contribution is 2.53. The highest BCUT2D eigenvalue weighted by molar-refractivity contribution is 6.30. The lowest BCUT2D eigenvalue weighted by atomic mass is 9.66. The molecule has 1 N–H and O–H groups in total. The fourth-order valence-corrected chi connectivity index (χ4v) is 5.59. The minimum Gasteiger partial charge on any atom is -0.388 e. The molecule has 1 saturated heterocycles. The van der Waals surface area contributed by atoms with Crippen LogP contribution in [0.15, 0.2) is 61.2 Å². The minimum atomic E-state index is -1.07. The first-order valence-electron chi connectivity index (χ1n) is 11.2. The standard InChI is InChI=1S/C27H33Cl2NO2/c1-6-15-27(5)17-22(19-9-8-10-21(29)16-19)24(18-11-13-20(28)14-12-18)30(25(27)31)23(7-2)26(3,4)32/h6,8-14,16,22-24,32H,1,7,15,17H2,2-5H3/t22?,23?,24-,27+/m1/s1. The van der Waals surface area contributed by atoms with E-state index in [0.29, 0.717) is 29.3 Å². The third-order valence-electron chi connectivity index (χ3n) is 6.72. The van der Waals surface area contributed by atoms with Crippen LogP contribution in [0.2, 0.25) is 10.0 Å². The Morgan fingerprint density at radius 3 is 2.38 bits per heavy atom. The lowest BCUT2D eigenvalue weighted by molar-refractivity contribution is -0.162. The van der Waals surface area contributed by atoms with Crippen LogP contribution >= 0.6 is 23.2 Å². The molecular formula is C27H33Cl2NO2. The summed E-state index contributed by atoms with van der Waals surface area (Å²) in [6.07, 6.45) is 3.67. The summed E-state index contributed by atoms with van der Waals surface area (Å²) in [6, 6.07) is 15.0. The zero-order valence-electron chi connectivity index (χ0n) is 19.3. The van der Waals surface area contributed by atoms with Gasteiger partial charge in [0.25, 0.3) is 0 Å². The van der Waals surface area contributed by atoms with Crippen molar-refractivity contribution >= 4 is 29.1 Å². The first-order chi connectivity index (χ1) is 15.0. The van der Waals surface area contributed by atoms with Crippen LogP contribution in [0.1, 0.15) is 70.0 Å². The molecule has 5 heteroatoms. The van der Waals surface area contributed by atoms with Gasteiger partial charge in [-0.1, -0.05) is 67.4 Å². The number of halogens is 2. The van der Waals surface area contributed by atoms with Crippen molar-refractivity contribution in [2.45, 2.75) is 70.6 Å². The average Bonchev–Trinajstić information content (AvgIpc) is 2.71. The van der Waals surface area contributed by atoms with E-state index in [0.717, 1.165) is 11.1 Å². The molecule has 4 atom stereocenters. The number of piperidine rings is 1. The maximum absolute atomic E-state index is 14.1. The van der Waals surface area contributed by atoms with Crippen LogP contribution < -0.4 is 0 Å². The number of benzene rings is 2. The second-order valence-corrected chi connectivity index (χ2v) is 10.6. The molecule has 3 rings (SSSR count). The first-order valence-corrected chi connectivity index (χ1v) is 11.9. The summed E-state index contributed by atoms with van der Waals surface area (Å²) >= 11 is 12.6. The molecule has 0 bridgehead atoms. The van der Waals surface area contributed by atoms with Crippen molar-refractivity contribution in [2.75, 3.05) is 0 Å². The average molecular weight is 474 g/mol. The lowest BCUT2D eigenvalue weighted by Gasteiger charge is -2.54. The number of likely N-dealkylation sites (tertiary alicyclic amines) is 1. The van der Waals surface area contributed by atoms with Crippen molar-refractivity contribution in [3.8, 4) is 0 Å². The van der Waals surface area contributed by atoms with E-state index in [1.807, 2.05) is 67.3 Å². The molecule has 2 aromatic rings. The Hall–Kier alpha value is -1.81. The maximum Gasteiger partial charge on any atom is 0.229 e. The molecule has 172 valence electrons. The van der Waals surface area contributed by atoms with Gasteiger partial charge < -0.3 is 10.0 Å². The van der Waals surface area contributed by atoms with Crippen molar-refractivity contribution in [1.82, 2.24) is 4.90 Å². The third kappa shape index (κ3) is 4.90. The summed E-state index contributed by atoms with van der Waals surface area (Å²) in [5.41, 5.74) is 0.378. The summed E-state index contributed by atoms with van der Waals surface area (Å²) in [6.45, 7) is 11.5. The van der Waals surface area contributed by atoms with Gasteiger partial charge in [0.05, 0.1) is 23.1 Å². The number of nitrogens with zero attached hydrogens (tertiary/aromatic N) is 1.